The summed E-state index contributed by atoms with van der Waals surface area (Å²) in [6, 6.07) is 15.8. The molecule has 0 amide bonds. The van der Waals surface area contributed by atoms with Crippen LogP contribution < -0.4 is 20.1 Å². The summed E-state index contributed by atoms with van der Waals surface area (Å²) in [6.45, 7) is 11.3. The molecule has 0 fully saturated rings. The summed E-state index contributed by atoms with van der Waals surface area (Å²) in [4.78, 5) is 0. The van der Waals surface area contributed by atoms with Crippen molar-refractivity contribution in [2.24, 2.45) is 0 Å². The Morgan fingerprint density at radius 1 is 0.548 bits per heavy atom. The Labute approximate surface area is 189 Å². The van der Waals surface area contributed by atoms with E-state index in [1.165, 1.54) is 0 Å². The van der Waals surface area contributed by atoms with Crippen LogP contribution in [0.5, 0.6) is 11.5 Å². The molecule has 0 heterocycles. The van der Waals surface area contributed by atoms with Crippen LogP contribution in [-0.2, 0) is 18.1 Å². The van der Waals surface area contributed by atoms with Crippen molar-refractivity contribution in [3.63, 3.8) is 0 Å². The molecule has 172 valence electrons. The fourth-order valence-corrected chi connectivity index (χ4v) is 5.40. The van der Waals surface area contributed by atoms with Gasteiger partial charge in [0.1, 0.15) is 11.5 Å². The molecule has 31 heavy (non-hydrogen) atoms. The summed E-state index contributed by atoms with van der Waals surface area (Å²) < 4.78 is 35.2. The molecule has 0 spiro atoms. The maximum Gasteiger partial charge on any atom is 0.208 e. The number of hydrogen-bond donors (Lipinski definition) is 0. The first kappa shape index (κ1) is 26.0. The average molecular weight is 468 g/mol. The topological polar surface area (TPSA) is 55.4 Å². The van der Waals surface area contributed by atoms with Gasteiger partial charge in [-0.25, -0.2) is 0 Å². The average Bonchev–Trinajstić information content (AvgIpc) is 2.79. The zero-order chi connectivity index (χ0) is 22.3. The predicted molar refractivity (Wildman–Crippen MR) is 128 cm³/mol. The summed E-state index contributed by atoms with van der Waals surface area (Å²) in [5, 5.41) is 1.93. The van der Waals surface area contributed by atoms with Crippen LogP contribution in [0.2, 0.25) is 0 Å². The van der Waals surface area contributed by atoms with Crippen molar-refractivity contribution in [1.29, 1.82) is 0 Å². The molecule has 6 nitrogen and oxygen atoms in total. The van der Waals surface area contributed by atoms with Crippen molar-refractivity contribution >= 4 is 27.4 Å². The highest BCUT2D eigenvalue weighted by Crippen LogP contribution is 2.41. The van der Waals surface area contributed by atoms with Crippen molar-refractivity contribution in [2.75, 3.05) is 39.6 Å². The molecule has 0 saturated heterocycles. The van der Waals surface area contributed by atoms with Gasteiger partial charge in [0.25, 0.3) is 0 Å². The van der Waals surface area contributed by atoms with Crippen LogP contribution in [0.1, 0.15) is 34.1 Å². The maximum atomic E-state index is 6.03. The summed E-state index contributed by atoms with van der Waals surface area (Å²) in [6.07, 6.45) is 0.741. The summed E-state index contributed by atoms with van der Waals surface area (Å²) in [7, 11) is -2.28. The fraction of sp³-hybridized carbons (Fsp3) is 0.478. The Bertz CT molecular complexity index is 672. The van der Waals surface area contributed by atoms with E-state index in [0.717, 1.165) is 28.5 Å². The zero-order valence-corrected chi connectivity index (χ0v) is 20.7. The Balaban J connectivity index is 1.91. The Morgan fingerprint density at radius 3 is 1.26 bits per heavy atom. The van der Waals surface area contributed by atoms with Crippen molar-refractivity contribution in [3.8, 4) is 11.5 Å². The van der Waals surface area contributed by atoms with Gasteiger partial charge in [0.15, 0.2) is 0 Å². The molecule has 0 aromatic heterocycles. The second kappa shape index (κ2) is 15.5. The summed E-state index contributed by atoms with van der Waals surface area (Å²) >= 11 is 0. The second-order valence-corrected chi connectivity index (χ2v) is 9.20. The largest absolute Gasteiger partial charge is 0.493 e. The van der Waals surface area contributed by atoms with Gasteiger partial charge in [-0.2, -0.15) is 0 Å². The van der Waals surface area contributed by atoms with Crippen LogP contribution >= 0.6 is 16.8 Å². The van der Waals surface area contributed by atoms with Crippen LogP contribution in [0.25, 0.3) is 0 Å². The van der Waals surface area contributed by atoms with E-state index >= 15 is 0 Å². The van der Waals surface area contributed by atoms with Crippen LogP contribution in [0.4, 0.5) is 0 Å². The van der Waals surface area contributed by atoms with Gasteiger partial charge < -0.3 is 27.6 Å². The third-order valence-corrected chi connectivity index (χ3v) is 7.41. The highest BCUT2D eigenvalue weighted by molar-refractivity contribution is 7.56. The Kier molecular flexibility index (Phi) is 13.0. The number of hydrogen-bond acceptors (Lipinski definition) is 6. The quantitative estimate of drug-likeness (QED) is 0.238. The maximum absolute atomic E-state index is 6.03. The van der Waals surface area contributed by atoms with Crippen molar-refractivity contribution in [3.05, 3.63) is 48.5 Å². The smallest absolute Gasteiger partial charge is 0.208 e. The van der Waals surface area contributed by atoms with Crippen LogP contribution in [0.3, 0.4) is 0 Å². The van der Waals surface area contributed by atoms with E-state index in [4.69, 9.17) is 27.6 Å². The minimum Gasteiger partial charge on any atom is -0.493 e. The third-order valence-electron chi connectivity index (χ3n) is 3.91. The van der Waals surface area contributed by atoms with Crippen molar-refractivity contribution in [1.82, 2.24) is 0 Å². The van der Waals surface area contributed by atoms with Crippen LogP contribution in [0, 0.1) is 0 Å². The lowest BCUT2D eigenvalue weighted by atomic mass is 10.3. The first-order valence-electron chi connectivity index (χ1n) is 10.8. The molecule has 0 aliphatic rings. The lowest BCUT2D eigenvalue weighted by molar-refractivity contribution is 0.246. The van der Waals surface area contributed by atoms with Gasteiger partial charge in [0.2, 0.25) is 16.8 Å². The van der Waals surface area contributed by atoms with Gasteiger partial charge in [0.05, 0.1) is 50.3 Å². The molecule has 0 bridgehead atoms. The highest BCUT2D eigenvalue weighted by Gasteiger charge is 2.19. The molecule has 0 N–H and O–H groups in total. The summed E-state index contributed by atoms with van der Waals surface area (Å²) in [5.74, 6) is 1.60. The molecule has 0 atom stereocenters. The van der Waals surface area contributed by atoms with Gasteiger partial charge in [-0.3, -0.25) is 0 Å². The monoisotopic (exact) mass is 468 g/mol. The minimum atomic E-state index is -1.14. The molecule has 0 saturated carbocycles. The second-order valence-electron chi connectivity index (χ2n) is 6.17. The van der Waals surface area contributed by atoms with E-state index in [1.54, 1.807) is 0 Å². The third kappa shape index (κ3) is 8.65. The van der Waals surface area contributed by atoms with Gasteiger partial charge in [0, 0.05) is 6.42 Å². The number of rotatable bonds is 16. The van der Waals surface area contributed by atoms with Crippen LogP contribution in [0.15, 0.2) is 48.5 Å². The number of benzene rings is 2. The molecule has 2 aromatic rings. The first-order valence-corrected chi connectivity index (χ1v) is 13.2. The molecule has 8 heteroatoms. The van der Waals surface area contributed by atoms with E-state index in [-0.39, 0.29) is 0 Å². The van der Waals surface area contributed by atoms with Gasteiger partial charge in [-0.05, 0) is 52.0 Å². The molecular weight excluding hydrogens is 434 g/mol. The van der Waals surface area contributed by atoms with Gasteiger partial charge >= 0.3 is 0 Å². The molecule has 2 aromatic carbocycles. The van der Waals surface area contributed by atoms with E-state index in [2.05, 4.69) is 0 Å². The fourth-order valence-electron chi connectivity index (χ4n) is 2.71. The molecule has 0 aliphatic heterocycles. The van der Waals surface area contributed by atoms with Crippen molar-refractivity contribution in [2.45, 2.75) is 34.1 Å². The minimum absolute atomic E-state index is 0.534. The molecule has 0 aliphatic carbocycles. The van der Waals surface area contributed by atoms with Gasteiger partial charge in [-0.15, -0.1) is 0 Å². The lowest BCUT2D eigenvalue weighted by Gasteiger charge is -2.20. The molecule has 2 rings (SSSR count). The molecule has 0 radical (unpaired) electrons. The first-order chi connectivity index (χ1) is 15.2. The highest BCUT2D eigenvalue weighted by atomic mass is 31.2. The summed E-state index contributed by atoms with van der Waals surface area (Å²) in [5.41, 5.74) is 0. The zero-order valence-electron chi connectivity index (χ0n) is 18.9. The van der Waals surface area contributed by atoms with E-state index in [9.17, 15) is 0 Å². The molecule has 0 unspecified atom stereocenters. The Hall–Kier alpha value is -1.26. The van der Waals surface area contributed by atoms with E-state index < -0.39 is 16.8 Å². The van der Waals surface area contributed by atoms with Crippen molar-refractivity contribution < 1.29 is 27.6 Å². The normalized spacial score (nSPS) is 11.3. The SMILES string of the molecule is CCOP(OCC)c1ccccc1OCCCOc1ccccc1P(OCC)OCC. The predicted octanol–water partition coefficient (Wildman–Crippen LogP) is 5.55. The van der Waals surface area contributed by atoms with Crippen LogP contribution in [-0.4, -0.2) is 39.6 Å². The number of ether oxygens (including phenoxy) is 2. The van der Waals surface area contributed by atoms with Gasteiger partial charge in [-0.1, -0.05) is 24.3 Å². The molecular formula is C23H34O6P2. The standard InChI is InChI=1S/C23H34O6P2/c1-5-26-30(27-6-2)22-16-11-9-14-20(22)24-18-13-19-25-21-15-10-12-17-23(21)31(28-7-3)29-8-4/h9-12,14-17H,5-8,13,18-19H2,1-4H3. The lowest BCUT2D eigenvalue weighted by Crippen LogP contribution is -2.15. The van der Waals surface area contributed by atoms with E-state index in [1.807, 2.05) is 76.2 Å². The van der Waals surface area contributed by atoms with E-state index in [0.29, 0.717) is 39.6 Å². The Morgan fingerprint density at radius 2 is 0.903 bits per heavy atom. The number of para-hydroxylation sites is 2.